The van der Waals surface area contributed by atoms with Gasteiger partial charge in [0, 0.05) is 0 Å². The Hall–Kier alpha value is -2.02. The minimum Gasteiger partial charge on any atom is -0.498 e. The van der Waals surface area contributed by atoms with Gasteiger partial charge in [0.05, 0.1) is 18.9 Å². The van der Waals surface area contributed by atoms with Crippen molar-refractivity contribution in [2.45, 2.75) is 26.4 Å². The molecule has 0 heterocycles. The first-order chi connectivity index (χ1) is 10.1. The van der Waals surface area contributed by atoms with Gasteiger partial charge in [0.15, 0.2) is 6.10 Å². The minimum absolute atomic E-state index is 0.00747. The lowest BCUT2D eigenvalue weighted by Gasteiger charge is -2.10. The summed E-state index contributed by atoms with van der Waals surface area (Å²) in [6.07, 6.45) is 4.30. The van der Waals surface area contributed by atoms with E-state index in [9.17, 15) is 14.7 Å². The number of carbonyl (C=O) groups excluding carboxylic acids is 2. The third-order valence-electron chi connectivity index (χ3n) is 2.01. The molecule has 21 heavy (non-hydrogen) atoms. The Morgan fingerprint density at radius 3 is 2.00 bits per heavy atom. The van der Waals surface area contributed by atoms with Gasteiger partial charge in [-0.2, -0.15) is 0 Å². The molecular weight excluding hydrogens is 280 g/mol. The minimum atomic E-state index is -1.55. The van der Waals surface area contributed by atoms with Crippen molar-refractivity contribution < 1.29 is 33.6 Å². The summed E-state index contributed by atoms with van der Waals surface area (Å²) in [5.41, 5.74) is 0. The normalized spacial score (nSPS) is 12.3. The Bertz CT molecular complexity index is 349. The van der Waals surface area contributed by atoms with Gasteiger partial charge in [-0.1, -0.05) is 12.2 Å². The Kier molecular flexibility index (Phi) is 11.7. The number of aliphatic hydroxyl groups excluding tert-OH is 1. The van der Waals surface area contributed by atoms with E-state index in [2.05, 4.69) is 0 Å². The Labute approximate surface area is 124 Å². The average Bonchev–Trinajstić information content (AvgIpc) is 2.46. The van der Waals surface area contributed by atoms with Crippen LogP contribution < -0.4 is 0 Å². The van der Waals surface area contributed by atoms with Gasteiger partial charge in [0.1, 0.15) is 26.4 Å². The quantitative estimate of drug-likeness (QED) is 0.345. The predicted molar refractivity (Wildman–Crippen MR) is 74.1 cm³/mol. The second kappa shape index (κ2) is 13.0. The largest absolute Gasteiger partial charge is 0.498 e. The van der Waals surface area contributed by atoms with E-state index in [-0.39, 0.29) is 26.4 Å². The van der Waals surface area contributed by atoms with Crippen molar-refractivity contribution in [1.82, 2.24) is 0 Å². The van der Waals surface area contributed by atoms with E-state index in [1.165, 1.54) is 12.5 Å². The van der Waals surface area contributed by atoms with E-state index < -0.39 is 24.5 Å². The molecule has 0 aliphatic rings. The number of esters is 2. The number of aliphatic hydroxyl groups is 1. The fourth-order valence-electron chi connectivity index (χ4n) is 1.12. The summed E-state index contributed by atoms with van der Waals surface area (Å²) in [6.45, 7) is 3.99. The van der Waals surface area contributed by atoms with Crippen molar-refractivity contribution in [2.24, 2.45) is 0 Å². The fourth-order valence-corrected chi connectivity index (χ4v) is 1.12. The van der Waals surface area contributed by atoms with Gasteiger partial charge in [-0.15, -0.1) is 0 Å². The van der Waals surface area contributed by atoms with E-state index in [0.717, 1.165) is 0 Å². The molecule has 0 amide bonds. The molecule has 0 aromatic rings. The predicted octanol–water partition coefficient (Wildman–Crippen LogP) is 0.924. The first-order valence-electron chi connectivity index (χ1n) is 6.57. The summed E-state index contributed by atoms with van der Waals surface area (Å²) in [4.78, 5) is 22.6. The van der Waals surface area contributed by atoms with Crippen molar-refractivity contribution in [2.75, 3.05) is 26.4 Å². The molecule has 0 spiro atoms. The van der Waals surface area contributed by atoms with Gasteiger partial charge in [-0.05, 0) is 13.8 Å². The molecule has 120 valence electrons. The summed E-state index contributed by atoms with van der Waals surface area (Å²) in [7, 11) is 0. The lowest BCUT2D eigenvalue weighted by atomic mass is 10.2. The van der Waals surface area contributed by atoms with Gasteiger partial charge >= 0.3 is 11.9 Å². The molecule has 1 atom stereocenters. The van der Waals surface area contributed by atoms with Crippen LogP contribution in [0.5, 0.6) is 0 Å². The fraction of sp³-hybridized carbons (Fsp3) is 0.571. The van der Waals surface area contributed by atoms with E-state index >= 15 is 0 Å². The van der Waals surface area contributed by atoms with Crippen LogP contribution in [0.3, 0.4) is 0 Å². The third kappa shape index (κ3) is 11.5. The van der Waals surface area contributed by atoms with E-state index in [1.54, 1.807) is 26.0 Å². The monoisotopic (exact) mass is 302 g/mol. The van der Waals surface area contributed by atoms with Crippen molar-refractivity contribution in [3.05, 3.63) is 24.7 Å². The van der Waals surface area contributed by atoms with Crippen molar-refractivity contribution in [1.29, 1.82) is 0 Å². The highest BCUT2D eigenvalue weighted by Gasteiger charge is 2.21. The van der Waals surface area contributed by atoms with Crippen LogP contribution in [0, 0.1) is 0 Å². The SMILES string of the molecule is CC=COCCOC(=O)CC(O)C(=O)OCCOC=CC. The van der Waals surface area contributed by atoms with Crippen molar-refractivity contribution >= 4 is 11.9 Å². The molecule has 1 unspecified atom stereocenters. The molecule has 0 aromatic heterocycles. The van der Waals surface area contributed by atoms with Gasteiger partial charge in [-0.3, -0.25) is 4.79 Å². The number of ether oxygens (including phenoxy) is 4. The standard InChI is InChI=1S/C14H22O7/c1-3-5-18-7-9-20-13(16)11-12(15)14(17)21-10-8-19-6-4-2/h3-6,12,15H,7-11H2,1-2H3. The van der Waals surface area contributed by atoms with Gasteiger partial charge in [0.2, 0.25) is 0 Å². The number of hydrogen-bond acceptors (Lipinski definition) is 7. The van der Waals surface area contributed by atoms with Crippen LogP contribution in [-0.2, 0) is 28.5 Å². The molecule has 0 saturated heterocycles. The Morgan fingerprint density at radius 2 is 1.48 bits per heavy atom. The molecule has 0 radical (unpaired) electrons. The summed E-state index contributed by atoms with van der Waals surface area (Å²) >= 11 is 0. The molecule has 0 aromatic carbocycles. The highest BCUT2D eigenvalue weighted by Crippen LogP contribution is 1.98. The van der Waals surface area contributed by atoms with Crippen LogP contribution in [0.4, 0.5) is 0 Å². The maximum absolute atomic E-state index is 11.3. The highest BCUT2D eigenvalue weighted by molar-refractivity contribution is 5.81. The number of carbonyl (C=O) groups is 2. The number of rotatable bonds is 11. The molecule has 0 aliphatic carbocycles. The van der Waals surface area contributed by atoms with Crippen LogP contribution in [-0.4, -0.2) is 49.6 Å². The number of allylic oxidation sites excluding steroid dienone is 2. The number of hydrogen-bond donors (Lipinski definition) is 1. The summed E-state index contributed by atoms with van der Waals surface area (Å²) in [5, 5.41) is 9.46. The van der Waals surface area contributed by atoms with Gasteiger partial charge < -0.3 is 24.1 Å². The third-order valence-corrected chi connectivity index (χ3v) is 2.01. The molecule has 0 rings (SSSR count). The maximum atomic E-state index is 11.3. The summed E-state index contributed by atoms with van der Waals surface area (Å²) in [6, 6.07) is 0. The highest BCUT2D eigenvalue weighted by atomic mass is 16.6. The molecule has 0 saturated carbocycles. The zero-order valence-electron chi connectivity index (χ0n) is 12.3. The summed E-state index contributed by atoms with van der Waals surface area (Å²) in [5.74, 6) is -1.59. The van der Waals surface area contributed by atoms with Crippen LogP contribution in [0.1, 0.15) is 20.3 Å². The van der Waals surface area contributed by atoms with E-state index in [1.807, 2.05) is 0 Å². The molecule has 1 N–H and O–H groups in total. The smallest absolute Gasteiger partial charge is 0.335 e. The zero-order valence-corrected chi connectivity index (χ0v) is 12.3. The average molecular weight is 302 g/mol. The second-order valence-corrected chi connectivity index (χ2v) is 3.79. The molecule has 0 aliphatic heterocycles. The van der Waals surface area contributed by atoms with E-state index in [0.29, 0.717) is 0 Å². The zero-order chi connectivity index (χ0) is 15.9. The lowest BCUT2D eigenvalue weighted by Crippen LogP contribution is -2.28. The molecular formula is C14H22O7. The lowest BCUT2D eigenvalue weighted by molar-refractivity contribution is -0.161. The molecule has 0 bridgehead atoms. The van der Waals surface area contributed by atoms with Crippen LogP contribution in [0.15, 0.2) is 24.7 Å². The second-order valence-electron chi connectivity index (χ2n) is 3.79. The van der Waals surface area contributed by atoms with Crippen LogP contribution in [0.2, 0.25) is 0 Å². The van der Waals surface area contributed by atoms with Crippen molar-refractivity contribution in [3.8, 4) is 0 Å². The van der Waals surface area contributed by atoms with Gasteiger partial charge in [0.25, 0.3) is 0 Å². The first kappa shape index (κ1) is 19.0. The van der Waals surface area contributed by atoms with E-state index in [4.69, 9.17) is 18.9 Å². The van der Waals surface area contributed by atoms with Crippen LogP contribution >= 0.6 is 0 Å². The topological polar surface area (TPSA) is 91.3 Å². The maximum Gasteiger partial charge on any atom is 0.335 e. The Balaban J connectivity index is 3.71. The first-order valence-corrected chi connectivity index (χ1v) is 6.57. The van der Waals surface area contributed by atoms with Crippen molar-refractivity contribution in [3.63, 3.8) is 0 Å². The Morgan fingerprint density at radius 1 is 0.952 bits per heavy atom. The molecule has 7 nitrogen and oxygen atoms in total. The van der Waals surface area contributed by atoms with Gasteiger partial charge in [-0.25, -0.2) is 4.79 Å². The molecule has 7 heteroatoms. The molecule has 0 fully saturated rings. The van der Waals surface area contributed by atoms with Crippen LogP contribution in [0.25, 0.3) is 0 Å². The summed E-state index contributed by atoms with van der Waals surface area (Å²) < 4.78 is 19.4.